The molecule has 0 spiro atoms. The number of rotatable bonds is 13. The molecular weight excluding hydrogens is 844 g/mol. The van der Waals surface area contributed by atoms with Crippen LogP contribution in [0.3, 0.4) is 0 Å². The van der Waals surface area contributed by atoms with Gasteiger partial charge in [-0.3, -0.25) is 14.6 Å². The molecule has 1 aromatic heterocycles. The molecule has 0 N–H and O–H groups in total. The third-order valence-electron chi connectivity index (χ3n) is 12.0. The van der Waals surface area contributed by atoms with Crippen LogP contribution in [0.5, 0.6) is 5.75 Å². The average molecular weight is 900 g/mol. The van der Waals surface area contributed by atoms with Gasteiger partial charge < -0.3 is 28.6 Å². The molecule has 6 aromatic rings. The molecule has 0 bridgehead atoms. The first kappa shape index (κ1) is 45.1. The fraction of sp³-hybridized carbons (Fsp3) is 0.308. The smallest absolute Gasteiger partial charge is 0.219 e. The lowest BCUT2D eigenvalue weighted by molar-refractivity contribution is -0.189. The summed E-state index contributed by atoms with van der Waals surface area (Å²) in [4.78, 5) is 25.0. The third-order valence-corrected chi connectivity index (χ3v) is 12.5. The van der Waals surface area contributed by atoms with Gasteiger partial charge in [0.25, 0.3) is 0 Å². The summed E-state index contributed by atoms with van der Waals surface area (Å²) >= 11 is 12.7. The summed E-state index contributed by atoms with van der Waals surface area (Å²) in [7, 11) is 0. The van der Waals surface area contributed by atoms with Gasteiger partial charge in [-0.15, -0.1) is 0 Å². The Morgan fingerprint density at radius 3 is 2.08 bits per heavy atom. The van der Waals surface area contributed by atoms with Crippen molar-refractivity contribution in [2.45, 2.75) is 31.4 Å². The number of nitrogens with zero attached hydrogens (tertiary/aromatic N) is 6. The van der Waals surface area contributed by atoms with Crippen molar-refractivity contribution in [3.05, 3.63) is 191 Å². The van der Waals surface area contributed by atoms with E-state index in [1.165, 1.54) is 16.7 Å². The van der Waals surface area contributed by atoms with E-state index >= 15 is 0 Å². The standard InChI is InChI=1S/C26H28Cl2N4O4.C26H28N2/c1-19(33)31-10-12-32(13-11-31)21-3-5-22(6-4-21)34-15-23-16-35-26(36-23,17-30-9-8-29-18-30)24-7-2-20(27)14-25(24)28;1-4-11-23(12-5-1)13-10-18-27-19-21-28(22-20-27)26(24-14-6-2-7-15-24)25-16-8-3-9-17-25/h2-9,14,18,23H,10-13,15-17H2,1H3;1-17,26H,18-22H2/b;13-10+/t23-,26-;/m0./s1. The molecule has 10 nitrogen and oxygen atoms in total. The molecule has 9 rings (SSSR count). The Morgan fingerprint density at radius 1 is 0.812 bits per heavy atom. The maximum Gasteiger partial charge on any atom is 0.219 e. The molecule has 3 aliphatic rings. The van der Waals surface area contributed by atoms with Crippen LogP contribution < -0.4 is 9.64 Å². The van der Waals surface area contributed by atoms with E-state index in [0.717, 1.165) is 70.3 Å². The number of carbonyl (C=O) groups excluding carboxylic acids is 1. The number of aromatic nitrogens is 2. The van der Waals surface area contributed by atoms with Gasteiger partial charge in [0.2, 0.25) is 11.7 Å². The number of halogens is 2. The topological polar surface area (TPSA) is 75.5 Å². The first-order valence-corrected chi connectivity index (χ1v) is 22.8. The van der Waals surface area contributed by atoms with Gasteiger partial charge >= 0.3 is 0 Å². The van der Waals surface area contributed by atoms with E-state index in [-0.39, 0.29) is 12.0 Å². The van der Waals surface area contributed by atoms with Gasteiger partial charge in [-0.25, -0.2) is 4.98 Å². The number of benzene rings is 5. The van der Waals surface area contributed by atoms with Gasteiger partial charge in [-0.05, 0) is 53.1 Å². The highest BCUT2D eigenvalue weighted by molar-refractivity contribution is 6.35. The first-order chi connectivity index (χ1) is 31.3. The molecule has 3 fully saturated rings. The number of hydrogen-bond acceptors (Lipinski definition) is 8. The first-order valence-electron chi connectivity index (χ1n) is 22.1. The summed E-state index contributed by atoms with van der Waals surface area (Å²) in [6.07, 6.45) is 9.49. The summed E-state index contributed by atoms with van der Waals surface area (Å²) in [5, 5.41) is 1.02. The molecule has 3 saturated heterocycles. The Morgan fingerprint density at radius 2 is 1.47 bits per heavy atom. The number of ether oxygens (including phenoxy) is 3. The zero-order valence-electron chi connectivity index (χ0n) is 36.3. The highest BCUT2D eigenvalue weighted by Gasteiger charge is 2.45. The molecule has 0 saturated carbocycles. The Balaban J connectivity index is 0.000000181. The number of amides is 1. The van der Waals surface area contributed by atoms with Gasteiger partial charge in [0, 0.05) is 94.5 Å². The van der Waals surface area contributed by atoms with E-state index in [0.29, 0.717) is 41.4 Å². The van der Waals surface area contributed by atoms with Crippen LogP contribution in [0, 0.1) is 0 Å². The summed E-state index contributed by atoms with van der Waals surface area (Å²) in [5.74, 6) is -0.201. The Labute approximate surface area is 387 Å². The lowest BCUT2D eigenvalue weighted by Gasteiger charge is -2.39. The van der Waals surface area contributed by atoms with E-state index in [9.17, 15) is 4.79 Å². The molecule has 5 aromatic carbocycles. The highest BCUT2D eigenvalue weighted by atomic mass is 35.5. The van der Waals surface area contributed by atoms with Crippen LogP contribution in [0.4, 0.5) is 5.69 Å². The van der Waals surface area contributed by atoms with Gasteiger partial charge in [0.15, 0.2) is 0 Å². The van der Waals surface area contributed by atoms with Crippen molar-refractivity contribution >= 4 is 40.9 Å². The number of carbonyl (C=O) groups is 1. The fourth-order valence-electron chi connectivity index (χ4n) is 8.59. The maximum atomic E-state index is 11.6. The SMILES string of the molecule is C(=C\c1ccccc1)/CN1CCN(C(c2ccccc2)c2ccccc2)CC1.CC(=O)N1CCN(c2ccc(OC[C@H]3CO[C@](Cn4ccnc4)(c4ccc(Cl)cc4Cl)O3)cc2)CC1. The minimum absolute atomic E-state index is 0.129. The molecule has 332 valence electrons. The second-order valence-electron chi connectivity index (χ2n) is 16.3. The maximum absolute atomic E-state index is 11.6. The van der Waals surface area contributed by atoms with Gasteiger partial charge in [0.1, 0.15) is 18.5 Å². The molecule has 64 heavy (non-hydrogen) atoms. The van der Waals surface area contributed by atoms with Crippen molar-refractivity contribution in [3.63, 3.8) is 0 Å². The van der Waals surface area contributed by atoms with Gasteiger partial charge in [-0.2, -0.15) is 0 Å². The number of imidazole rings is 1. The number of anilines is 1. The molecule has 0 unspecified atom stereocenters. The van der Waals surface area contributed by atoms with Crippen LogP contribution >= 0.6 is 23.2 Å². The number of piperazine rings is 2. The van der Waals surface area contributed by atoms with Crippen LogP contribution in [-0.4, -0.2) is 108 Å². The Hall–Kier alpha value is -5.46. The van der Waals surface area contributed by atoms with E-state index in [2.05, 4.69) is 123 Å². The predicted octanol–water partition coefficient (Wildman–Crippen LogP) is 9.31. The van der Waals surface area contributed by atoms with Crippen molar-refractivity contribution in [2.24, 2.45) is 0 Å². The predicted molar refractivity (Wildman–Crippen MR) is 256 cm³/mol. The van der Waals surface area contributed by atoms with Crippen molar-refractivity contribution in [1.29, 1.82) is 0 Å². The summed E-state index contributed by atoms with van der Waals surface area (Å²) in [5.41, 5.74) is 5.85. The average Bonchev–Trinajstić information content (AvgIpc) is 4.01. The van der Waals surface area contributed by atoms with Gasteiger partial charge in [0.05, 0.1) is 30.5 Å². The third kappa shape index (κ3) is 11.8. The van der Waals surface area contributed by atoms with E-state index in [1.807, 2.05) is 46.0 Å². The molecule has 0 radical (unpaired) electrons. The molecule has 3 aliphatic heterocycles. The zero-order chi connectivity index (χ0) is 44.1. The minimum atomic E-state index is -1.08. The van der Waals surface area contributed by atoms with Crippen LogP contribution in [0.1, 0.15) is 35.2 Å². The van der Waals surface area contributed by atoms with Crippen LogP contribution in [0.15, 0.2) is 158 Å². The molecule has 2 atom stereocenters. The van der Waals surface area contributed by atoms with Crippen molar-refractivity contribution in [3.8, 4) is 5.75 Å². The number of hydrogen-bond donors (Lipinski definition) is 0. The van der Waals surface area contributed by atoms with E-state index < -0.39 is 5.79 Å². The molecule has 0 aliphatic carbocycles. The summed E-state index contributed by atoms with van der Waals surface area (Å²) < 4.78 is 20.6. The van der Waals surface area contributed by atoms with Crippen molar-refractivity contribution in [1.82, 2.24) is 24.3 Å². The fourth-order valence-corrected chi connectivity index (χ4v) is 9.14. The largest absolute Gasteiger partial charge is 0.491 e. The van der Waals surface area contributed by atoms with Crippen LogP contribution in [0.2, 0.25) is 10.0 Å². The van der Waals surface area contributed by atoms with E-state index in [4.69, 9.17) is 37.4 Å². The Bertz CT molecular complexity index is 2340. The minimum Gasteiger partial charge on any atom is -0.491 e. The second-order valence-corrected chi connectivity index (χ2v) is 17.2. The van der Waals surface area contributed by atoms with Gasteiger partial charge in [-0.1, -0.05) is 132 Å². The lowest BCUT2D eigenvalue weighted by atomic mass is 9.96. The molecule has 1 amide bonds. The Kier molecular flexibility index (Phi) is 15.5. The summed E-state index contributed by atoms with van der Waals surface area (Å²) in [6, 6.07) is 46.0. The van der Waals surface area contributed by atoms with Crippen LogP contribution in [-0.2, 0) is 26.6 Å². The second kappa shape index (κ2) is 22.0. The normalized spacial score (nSPS) is 19.5. The highest BCUT2D eigenvalue weighted by Crippen LogP contribution is 2.41. The van der Waals surface area contributed by atoms with Crippen LogP contribution in [0.25, 0.3) is 6.08 Å². The molecule has 4 heterocycles. The van der Waals surface area contributed by atoms with Crippen molar-refractivity contribution in [2.75, 3.05) is 77.0 Å². The molecule has 12 heteroatoms. The quantitative estimate of drug-likeness (QED) is 0.114. The monoisotopic (exact) mass is 898 g/mol. The van der Waals surface area contributed by atoms with E-state index in [1.54, 1.807) is 31.6 Å². The molecular formula is C52H56Cl2N6O4. The zero-order valence-corrected chi connectivity index (χ0v) is 37.8. The van der Waals surface area contributed by atoms with Crippen molar-refractivity contribution < 1.29 is 19.0 Å². The lowest BCUT2D eigenvalue weighted by Crippen LogP contribution is -2.48. The summed E-state index contributed by atoms with van der Waals surface area (Å²) in [6.45, 7) is 11.2.